The Morgan fingerprint density at radius 2 is 2.00 bits per heavy atom. The Hall–Kier alpha value is -3.33. The summed E-state index contributed by atoms with van der Waals surface area (Å²) in [5, 5.41) is 11.8. The lowest BCUT2D eigenvalue weighted by molar-refractivity contribution is -0.140. The number of carbonyl (C=O) groups excluding carboxylic acids is 2. The molecule has 6 heteroatoms. The zero-order valence-corrected chi connectivity index (χ0v) is 16.9. The van der Waals surface area contributed by atoms with Gasteiger partial charge in [-0.3, -0.25) is 9.59 Å². The molecule has 1 aliphatic heterocycles. The van der Waals surface area contributed by atoms with Crippen LogP contribution >= 0.6 is 0 Å². The number of hydrogen-bond acceptors (Lipinski definition) is 4. The third-order valence-corrected chi connectivity index (χ3v) is 5.26. The number of nitrogens with zero attached hydrogens (tertiary/aromatic N) is 2. The second-order valence-corrected chi connectivity index (χ2v) is 7.20. The van der Waals surface area contributed by atoms with E-state index < -0.39 is 6.10 Å². The van der Waals surface area contributed by atoms with Gasteiger partial charge in [0, 0.05) is 29.4 Å². The molecule has 1 heterocycles. The molecule has 2 atom stereocenters. The molecule has 6 nitrogen and oxygen atoms in total. The van der Waals surface area contributed by atoms with Gasteiger partial charge < -0.3 is 15.0 Å². The van der Waals surface area contributed by atoms with E-state index in [-0.39, 0.29) is 17.9 Å². The van der Waals surface area contributed by atoms with Crippen LogP contribution < -0.4 is 10.1 Å². The fourth-order valence-corrected chi connectivity index (χ4v) is 3.30. The van der Waals surface area contributed by atoms with Gasteiger partial charge in [0.25, 0.3) is 11.8 Å². The van der Waals surface area contributed by atoms with Gasteiger partial charge in [0.2, 0.25) is 0 Å². The highest BCUT2D eigenvalue weighted by Gasteiger charge is 2.32. The van der Waals surface area contributed by atoms with Crippen LogP contribution in [0.1, 0.15) is 55.1 Å². The molecule has 0 saturated carbocycles. The van der Waals surface area contributed by atoms with E-state index in [2.05, 4.69) is 12.2 Å². The summed E-state index contributed by atoms with van der Waals surface area (Å²) in [7, 11) is 0. The molecule has 3 rings (SSSR count). The molecule has 0 spiro atoms. The lowest BCUT2D eigenvalue weighted by atomic mass is 10.1. The molecular weight excluding hydrogens is 366 g/mol. The quantitative estimate of drug-likeness (QED) is 0.831. The lowest BCUT2D eigenvalue weighted by Gasteiger charge is -2.28. The van der Waals surface area contributed by atoms with E-state index in [0.717, 1.165) is 12.0 Å². The summed E-state index contributed by atoms with van der Waals surface area (Å²) in [4.78, 5) is 27.2. The minimum absolute atomic E-state index is 0.00113. The molecule has 2 aromatic carbocycles. The molecule has 0 radical (unpaired) electrons. The number of carbonyl (C=O) groups is 2. The van der Waals surface area contributed by atoms with E-state index >= 15 is 0 Å². The first-order valence-electron chi connectivity index (χ1n) is 9.88. The Morgan fingerprint density at radius 1 is 1.28 bits per heavy atom. The summed E-state index contributed by atoms with van der Waals surface area (Å²) in [5.41, 5.74) is 2.47. The van der Waals surface area contributed by atoms with E-state index in [0.29, 0.717) is 35.5 Å². The Kier molecular flexibility index (Phi) is 6.18. The summed E-state index contributed by atoms with van der Waals surface area (Å²) in [6, 6.07) is 14.0. The van der Waals surface area contributed by atoms with Gasteiger partial charge in [-0.15, -0.1) is 0 Å². The van der Waals surface area contributed by atoms with Crippen molar-refractivity contribution in [2.75, 3.05) is 5.32 Å². The second kappa shape index (κ2) is 8.78. The predicted octanol–water partition coefficient (Wildman–Crippen LogP) is 4.11. The number of benzene rings is 2. The van der Waals surface area contributed by atoms with Crippen LogP contribution in [0.3, 0.4) is 0 Å². The normalized spacial score (nSPS) is 16.8. The van der Waals surface area contributed by atoms with Crippen molar-refractivity contribution in [3.05, 3.63) is 59.2 Å². The average Bonchev–Trinajstić information content (AvgIpc) is 2.89. The fourth-order valence-electron chi connectivity index (χ4n) is 3.30. The topological polar surface area (TPSA) is 82.4 Å². The first-order chi connectivity index (χ1) is 14.0. The first-order valence-corrected chi connectivity index (χ1v) is 9.88. The van der Waals surface area contributed by atoms with Crippen molar-refractivity contribution in [3.8, 4) is 11.8 Å². The maximum atomic E-state index is 12.9. The molecule has 0 aliphatic carbocycles. The third-order valence-electron chi connectivity index (χ3n) is 5.26. The molecule has 2 unspecified atom stereocenters. The van der Waals surface area contributed by atoms with Crippen LogP contribution in [0.2, 0.25) is 0 Å². The van der Waals surface area contributed by atoms with Crippen LogP contribution in [0.4, 0.5) is 5.69 Å². The molecule has 1 aliphatic rings. The third kappa shape index (κ3) is 4.40. The van der Waals surface area contributed by atoms with Crippen molar-refractivity contribution in [1.29, 1.82) is 5.26 Å². The molecule has 2 aromatic rings. The summed E-state index contributed by atoms with van der Waals surface area (Å²) in [6.07, 6.45) is 0.957. The zero-order chi connectivity index (χ0) is 21.0. The van der Waals surface area contributed by atoms with E-state index in [1.54, 1.807) is 36.4 Å². The monoisotopic (exact) mass is 391 g/mol. The van der Waals surface area contributed by atoms with Gasteiger partial charge in [0.1, 0.15) is 5.75 Å². The van der Waals surface area contributed by atoms with E-state index in [9.17, 15) is 9.59 Å². The zero-order valence-electron chi connectivity index (χ0n) is 16.9. The minimum Gasteiger partial charge on any atom is -0.480 e. The van der Waals surface area contributed by atoms with E-state index in [1.807, 2.05) is 30.9 Å². The highest BCUT2D eigenvalue weighted by Crippen LogP contribution is 2.30. The Morgan fingerprint density at radius 3 is 2.62 bits per heavy atom. The number of amides is 2. The van der Waals surface area contributed by atoms with Gasteiger partial charge in [-0.25, -0.2) is 0 Å². The second-order valence-electron chi connectivity index (χ2n) is 7.20. The van der Waals surface area contributed by atoms with Gasteiger partial charge in [-0.1, -0.05) is 13.8 Å². The Labute approximate surface area is 171 Å². The predicted molar refractivity (Wildman–Crippen MR) is 111 cm³/mol. The van der Waals surface area contributed by atoms with Gasteiger partial charge in [0.15, 0.2) is 6.10 Å². The molecule has 0 fully saturated rings. The first kappa shape index (κ1) is 20.4. The summed E-state index contributed by atoms with van der Waals surface area (Å²) < 4.78 is 5.98. The summed E-state index contributed by atoms with van der Waals surface area (Å²) in [6.45, 7) is 6.47. The van der Waals surface area contributed by atoms with Crippen LogP contribution in [0.25, 0.3) is 0 Å². The molecule has 0 saturated heterocycles. The number of nitrogens with one attached hydrogen (secondary N) is 1. The fraction of sp³-hybridized carbons (Fsp3) is 0.348. The van der Waals surface area contributed by atoms with Crippen LogP contribution in [-0.2, 0) is 11.3 Å². The SMILES string of the molecule is CCC1Oc2ccc(NC(=O)c3ccc(C#N)cc3)cc2CN(C(C)CC)C1=O. The standard InChI is InChI=1S/C23H25N3O3/c1-4-15(3)26-14-18-12-19(10-11-21(18)29-20(5-2)23(26)28)25-22(27)17-8-6-16(13-24)7-9-17/h6-12,15,20H,4-5,14H2,1-3H3,(H,25,27). The Bertz CT molecular complexity index is 947. The van der Waals surface area contributed by atoms with Crippen molar-refractivity contribution in [3.63, 3.8) is 0 Å². The number of nitriles is 1. The van der Waals surface area contributed by atoms with Crippen molar-refractivity contribution in [2.24, 2.45) is 0 Å². The molecule has 1 N–H and O–H groups in total. The largest absolute Gasteiger partial charge is 0.480 e. The van der Waals surface area contributed by atoms with Gasteiger partial charge in [-0.05, 0) is 62.2 Å². The number of rotatable bonds is 5. The number of anilines is 1. The number of ether oxygens (including phenoxy) is 1. The van der Waals surface area contributed by atoms with Crippen LogP contribution in [-0.4, -0.2) is 28.9 Å². The number of hydrogen-bond donors (Lipinski definition) is 1. The molecule has 150 valence electrons. The van der Waals surface area contributed by atoms with E-state index in [1.165, 1.54) is 0 Å². The maximum absolute atomic E-state index is 12.9. The van der Waals surface area contributed by atoms with Crippen LogP contribution in [0.15, 0.2) is 42.5 Å². The molecule has 2 amide bonds. The highest BCUT2D eigenvalue weighted by molar-refractivity contribution is 6.04. The van der Waals surface area contributed by atoms with Crippen LogP contribution in [0.5, 0.6) is 5.75 Å². The van der Waals surface area contributed by atoms with Crippen molar-refractivity contribution in [2.45, 2.75) is 52.3 Å². The van der Waals surface area contributed by atoms with Crippen molar-refractivity contribution < 1.29 is 14.3 Å². The van der Waals surface area contributed by atoms with Gasteiger partial charge >= 0.3 is 0 Å². The highest BCUT2D eigenvalue weighted by atomic mass is 16.5. The van der Waals surface area contributed by atoms with Gasteiger partial charge in [0.05, 0.1) is 11.6 Å². The average molecular weight is 391 g/mol. The molecule has 0 aromatic heterocycles. The van der Waals surface area contributed by atoms with Crippen LogP contribution in [0, 0.1) is 11.3 Å². The lowest BCUT2D eigenvalue weighted by Crippen LogP contribution is -2.43. The molecule has 29 heavy (non-hydrogen) atoms. The summed E-state index contributed by atoms with van der Waals surface area (Å²) in [5.74, 6) is 0.416. The van der Waals surface area contributed by atoms with Crippen molar-refractivity contribution in [1.82, 2.24) is 4.90 Å². The number of fused-ring (bicyclic) bond motifs is 1. The molecular formula is C23H25N3O3. The minimum atomic E-state index is -0.496. The molecule has 0 bridgehead atoms. The van der Waals surface area contributed by atoms with Gasteiger partial charge in [-0.2, -0.15) is 5.26 Å². The maximum Gasteiger partial charge on any atom is 0.264 e. The Balaban J connectivity index is 1.85. The smallest absolute Gasteiger partial charge is 0.264 e. The van der Waals surface area contributed by atoms with E-state index in [4.69, 9.17) is 10.00 Å². The van der Waals surface area contributed by atoms with Crippen molar-refractivity contribution >= 4 is 17.5 Å². The summed E-state index contributed by atoms with van der Waals surface area (Å²) >= 11 is 0.